The molecule has 3 amide bonds. The van der Waals surface area contributed by atoms with Crippen molar-refractivity contribution in [2.24, 2.45) is 7.05 Å². The standard InChI is InChI=1S/C26H21N7O6/c1-33-17-7-14(3-5-19(17)39-26(33)37)9-28-24(35)15-10-27-22-21(15)30-12-31-23(22)25(36)29-8-13-2-4-18-16(6-13)32-20(34)11-38-18/h2-7,10,12,27H,8-9,11H2,1H3,(H,28,35)(H,29,36)(H,32,34). The minimum Gasteiger partial charge on any atom is -0.482 e. The number of carbonyl (C=O) groups is 3. The fourth-order valence-corrected chi connectivity index (χ4v) is 4.35. The monoisotopic (exact) mass is 527 g/mol. The third-order valence-electron chi connectivity index (χ3n) is 6.36. The fraction of sp³-hybridized carbons (Fsp3) is 0.154. The van der Waals surface area contributed by atoms with Crippen LogP contribution in [0.1, 0.15) is 32.0 Å². The third-order valence-corrected chi connectivity index (χ3v) is 6.36. The number of carbonyl (C=O) groups excluding carboxylic acids is 3. The first-order chi connectivity index (χ1) is 18.9. The second-order valence-corrected chi connectivity index (χ2v) is 8.91. The van der Waals surface area contributed by atoms with E-state index in [2.05, 4.69) is 30.9 Å². The summed E-state index contributed by atoms with van der Waals surface area (Å²) in [6, 6.07) is 10.4. The molecule has 0 saturated heterocycles. The molecule has 0 radical (unpaired) electrons. The predicted molar refractivity (Wildman–Crippen MR) is 138 cm³/mol. The van der Waals surface area contributed by atoms with Crippen molar-refractivity contribution in [1.29, 1.82) is 0 Å². The van der Waals surface area contributed by atoms with Gasteiger partial charge >= 0.3 is 5.76 Å². The number of oxazole rings is 1. The highest BCUT2D eigenvalue weighted by molar-refractivity contribution is 6.10. The van der Waals surface area contributed by atoms with Crippen LogP contribution in [0.15, 0.2) is 58.1 Å². The Bertz CT molecular complexity index is 1850. The van der Waals surface area contributed by atoms with Crippen LogP contribution in [0.3, 0.4) is 0 Å². The Morgan fingerprint density at radius 2 is 1.79 bits per heavy atom. The molecule has 0 unspecified atom stereocenters. The van der Waals surface area contributed by atoms with Crippen LogP contribution < -0.4 is 26.4 Å². The van der Waals surface area contributed by atoms with Gasteiger partial charge in [0.1, 0.15) is 17.6 Å². The van der Waals surface area contributed by atoms with Crippen LogP contribution in [0.2, 0.25) is 0 Å². The number of ether oxygens (including phenoxy) is 1. The van der Waals surface area contributed by atoms with E-state index < -0.39 is 17.6 Å². The molecule has 1 aliphatic heterocycles. The van der Waals surface area contributed by atoms with Crippen LogP contribution >= 0.6 is 0 Å². The van der Waals surface area contributed by atoms with E-state index in [1.807, 2.05) is 0 Å². The summed E-state index contributed by atoms with van der Waals surface area (Å²) in [4.78, 5) is 60.4. The smallest absolute Gasteiger partial charge is 0.419 e. The summed E-state index contributed by atoms with van der Waals surface area (Å²) in [5, 5.41) is 8.36. The largest absolute Gasteiger partial charge is 0.482 e. The zero-order chi connectivity index (χ0) is 27.1. The first kappa shape index (κ1) is 23.9. The molecule has 2 aromatic carbocycles. The van der Waals surface area contributed by atoms with E-state index in [1.165, 1.54) is 17.1 Å². The number of hydrogen-bond acceptors (Lipinski definition) is 8. The molecule has 0 aliphatic carbocycles. The number of hydrogen-bond donors (Lipinski definition) is 4. The Morgan fingerprint density at radius 3 is 2.64 bits per heavy atom. The SMILES string of the molecule is Cn1c(=O)oc2ccc(CNC(=O)c3c[nH]c4c(C(=O)NCc5ccc6c(c5)NC(=O)CO6)ncnc34)cc21. The minimum atomic E-state index is -0.465. The van der Waals surface area contributed by atoms with Crippen LogP contribution in [-0.2, 0) is 24.9 Å². The normalized spacial score (nSPS) is 12.6. The van der Waals surface area contributed by atoms with E-state index >= 15 is 0 Å². The van der Waals surface area contributed by atoms with E-state index in [9.17, 15) is 19.2 Å². The molecular weight excluding hydrogens is 506 g/mol. The Morgan fingerprint density at radius 1 is 1.03 bits per heavy atom. The molecule has 1 aliphatic rings. The van der Waals surface area contributed by atoms with Crippen molar-refractivity contribution in [2.75, 3.05) is 11.9 Å². The Balaban J connectivity index is 1.15. The van der Waals surface area contributed by atoms with Crippen LogP contribution in [0.5, 0.6) is 5.75 Å². The zero-order valence-electron chi connectivity index (χ0n) is 20.5. The fourth-order valence-electron chi connectivity index (χ4n) is 4.35. The first-order valence-electron chi connectivity index (χ1n) is 11.9. The molecule has 13 nitrogen and oxygen atoms in total. The van der Waals surface area contributed by atoms with E-state index in [-0.39, 0.29) is 36.9 Å². The first-order valence-corrected chi connectivity index (χ1v) is 11.9. The molecule has 39 heavy (non-hydrogen) atoms. The number of nitrogens with zero attached hydrogens (tertiary/aromatic N) is 3. The topological polar surface area (TPSA) is 173 Å². The Labute approximate surface area is 219 Å². The van der Waals surface area contributed by atoms with Gasteiger partial charge in [0.05, 0.1) is 22.3 Å². The number of fused-ring (bicyclic) bond motifs is 3. The molecule has 0 bridgehead atoms. The molecule has 4 N–H and O–H groups in total. The van der Waals surface area contributed by atoms with Crippen molar-refractivity contribution < 1.29 is 23.5 Å². The number of aromatic amines is 1. The lowest BCUT2D eigenvalue weighted by atomic mass is 10.1. The van der Waals surface area contributed by atoms with Crippen LogP contribution in [-0.4, -0.2) is 43.8 Å². The van der Waals surface area contributed by atoms with Gasteiger partial charge in [0, 0.05) is 26.3 Å². The quantitative estimate of drug-likeness (QED) is 0.258. The highest BCUT2D eigenvalue weighted by Crippen LogP contribution is 2.28. The van der Waals surface area contributed by atoms with E-state index in [0.717, 1.165) is 11.1 Å². The van der Waals surface area contributed by atoms with Crippen molar-refractivity contribution in [1.82, 2.24) is 30.2 Å². The minimum absolute atomic E-state index is 0.0355. The lowest BCUT2D eigenvalue weighted by Gasteiger charge is -2.18. The van der Waals surface area contributed by atoms with Crippen molar-refractivity contribution in [2.45, 2.75) is 13.1 Å². The number of benzene rings is 2. The number of rotatable bonds is 6. The summed E-state index contributed by atoms with van der Waals surface area (Å²) in [6.07, 6.45) is 2.70. The summed E-state index contributed by atoms with van der Waals surface area (Å²) in [5.41, 5.74) is 4.10. The number of aryl methyl sites for hydroxylation is 1. The van der Waals surface area contributed by atoms with Gasteiger partial charge in [0.2, 0.25) is 0 Å². The molecule has 0 saturated carbocycles. The summed E-state index contributed by atoms with van der Waals surface area (Å²) < 4.78 is 11.9. The molecule has 3 aromatic heterocycles. The predicted octanol–water partition coefficient (Wildman–Crippen LogP) is 1.59. The van der Waals surface area contributed by atoms with Gasteiger partial charge in [-0.25, -0.2) is 14.8 Å². The van der Waals surface area contributed by atoms with E-state index in [1.54, 1.807) is 43.4 Å². The van der Waals surface area contributed by atoms with Gasteiger partial charge in [-0.3, -0.25) is 19.0 Å². The third kappa shape index (κ3) is 4.45. The molecule has 0 spiro atoms. The van der Waals surface area contributed by atoms with Gasteiger partial charge in [-0.2, -0.15) is 0 Å². The van der Waals surface area contributed by atoms with Crippen LogP contribution in [0.4, 0.5) is 5.69 Å². The van der Waals surface area contributed by atoms with Gasteiger partial charge in [-0.05, 0) is 35.4 Å². The molecule has 0 atom stereocenters. The maximum atomic E-state index is 13.0. The second kappa shape index (κ2) is 9.45. The number of nitrogens with one attached hydrogen (secondary N) is 4. The number of H-pyrrole nitrogens is 1. The van der Waals surface area contributed by atoms with Crippen LogP contribution in [0.25, 0.3) is 22.1 Å². The summed E-state index contributed by atoms with van der Waals surface area (Å²) in [6.45, 7) is 0.339. The maximum Gasteiger partial charge on any atom is 0.419 e. The van der Waals surface area contributed by atoms with Gasteiger partial charge in [0.25, 0.3) is 17.7 Å². The second-order valence-electron chi connectivity index (χ2n) is 8.91. The Kier molecular flexibility index (Phi) is 5.79. The van der Waals surface area contributed by atoms with Gasteiger partial charge in [-0.15, -0.1) is 0 Å². The maximum absolute atomic E-state index is 13.0. The van der Waals surface area contributed by atoms with Gasteiger partial charge < -0.3 is 30.1 Å². The van der Waals surface area contributed by atoms with E-state index in [4.69, 9.17) is 9.15 Å². The van der Waals surface area contributed by atoms with E-state index in [0.29, 0.717) is 33.6 Å². The lowest BCUT2D eigenvalue weighted by Crippen LogP contribution is -2.26. The summed E-state index contributed by atoms with van der Waals surface area (Å²) in [7, 11) is 1.61. The number of amides is 3. The molecule has 196 valence electrons. The van der Waals surface area contributed by atoms with Crippen molar-refractivity contribution >= 4 is 45.5 Å². The van der Waals surface area contributed by atoms with Crippen molar-refractivity contribution in [3.05, 3.63) is 81.9 Å². The van der Waals surface area contributed by atoms with Crippen molar-refractivity contribution in [3.8, 4) is 5.75 Å². The lowest BCUT2D eigenvalue weighted by molar-refractivity contribution is -0.118. The number of aromatic nitrogens is 4. The van der Waals surface area contributed by atoms with Gasteiger partial charge in [0.15, 0.2) is 17.9 Å². The summed E-state index contributed by atoms with van der Waals surface area (Å²) >= 11 is 0. The van der Waals surface area contributed by atoms with Gasteiger partial charge in [-0.1, -0.05) is 12.1 Å². The highest BCUT2D eigenvalue weighted by Gasteiger charge is 2.20. The molecular formula is C26H21N7O6. The number of anilines is 1. The van der Waals surface area contributed by atoms with Crippen LogP contribution in [0, 0.1) is 0 Å². The average molecular weight is 527 g/mol. The summed E-state index contributed by atoms with van der Waals surface area (Å²) in [5.74, 6) is -1.01. The molecule has 0 fully saturated rings. The molecule has 4 heterocycles. The molecule has 5 aromatic rings. The zero-order valence-corrected chi connectivity index (χ0v) is 20.5. The Hall–Kier alpha value is -5.46. The van der Waals surface area contributed by atoms with Crippen molar-refractivity contribution in [3.63, 3.8) is 0 Å². The molecule has 6 rings (SSSR count). The molecule has 13 heteroatoms. The average Bonchev–Trinajstić information content (AvgIpc) is 3.50. The highest BCUT2D eigenvalue weighted by atomic mass is 16.5.